The van der Waals surface area contributed by atoms with Gasteiger partial charge < -0.3 is 10.2 Å². The summed E-state index contributed by atoms with van der Waals surface area (Å²) in [6, 6.07) is 11.2. The van der Waals surface area contributed by atoms with Gasteiger partial charge >= 0.3 is 0 Å². The number of anilines is 1. The zero-order chi connectivity index (χ0) is 25.8. The summed E-state index contributed by atoms with van der Waals surface area (Å²) in [4.78, 5) is 27.8. The average molecular weight is 529 g/mol. The highest BCUT2D eigenvalue weighted by Crippen LogP contribution is 2.33. The lowest BCUT2D eigenvalue weighted by Crippen LogP contribution is -2.54. The van der Waals surface area contributed by atoms with Crippen LogP contribution in [0.2, 0.25) is 10.0 Å². The van der Waals surface area contributed by atoms with E-state index >= 15 is 0 Å². The maximum absolute atomic E-state index is 13.5. The summed E-state index contributed by atoms with van der Waals surface area (Å²) in [6.07, 6.45) is 0.984. The maximum Gasteiger partial charge on any atom is 0.244 e. The largest absolute Gasteiger partial charge is 0.350 e. The molecule has 0 bridgehead atoms. The second-order valence-electron chi connectivity index (χ2n) is 9.27. The van der Waals surface area contributed by atoms with E-state index in [0.29, 0.717) is 0 Å². The minimum Gasteiger partial charge on any atom is -0.350 e. The van der Waals surface area contributed by atoms with Crippen LogP contribution in [0.5, 0.6) is 0 Å². The van der Waals surface area contributed by atoms with Gasteiger partial charge in [-0.05, 0) is 52.3 Å². The van der Waals surface area contributed by atoms with Crippen LogP contribution in [-0.4, -0.2) is 49.5 Å². The van der Waals surface area contributed by atoms with Gasteiger partial charge in [0.25, 0.3) is 0 Å². The van der Waals surface area contributed by atoms with Crippen LogP contribution in [0.25, 0.3) is 0 Å². The zero-order valence-corrected chi connectivity index (χ0v) is 22.6. The molecular formula is C24H31Cl2N3O4S. The summed E-state index contributed by atoms with van der Waals surface area (Å²) in [7, 11) is -3.90. The summed E-state index contributed by atoms with van der Waals surface area (Å²) in [5.41, 5.74) is 1.45. The Kier molecular flexibility index (Phi) is 9.02. The van der Waals surface area contributed by atoms with Crippen LogP contribution in [0.1, 0.15) is 38.8 Å². The Bertz CT molecular complexity index is 1150. The van der Waals surface area contributed by atoms with Gasteiger partial charge in [0.1, 0.15) is 12.6 Å². The van der Waals surface area contributed by atoms with E-state index in [1.165, 1.54) is 17.0 Å². The Morgan fingerprint density at radius 2 is 1.65 bits per heavy atom. The molecule has 186 valence electrons. The third-order valence-electron chi connectivity index (χ3n) is 5.02. The predicted molar refractivity (Wildman–Crippen MR) is 138 cm³/mol. The SMILES string of the molecule is Cc1ccc(CN(C(=O)CN(c2cccc(Cl)c2Cl)S(C)(=O)=O)C(C)C(=O)NC(C)(C)C)cc1. The van der Waals surface area contributed by atoms with E-state index in [2.05, 4.69) is 5.32 Å². The van der Waals surface area contributed by atoms with Gasteiger partial charge in [-0.1, -0.05) is 59.1 Å². The van der Waals surface area contributed by atoms with Crippen molar-refractivity contribution in [2.45, 2.75) is 52.7 Å². The average Bonchev–Trinajstić information content (AvgIpc) is 2.71. The van der Waals surface area contributed by atoms with Crippen molar-refractivity contribution in [1.29, 1.82) is 0 Å². The lowest BCUT2D eigenvalue weighted by atomic mass is 10.1. The Morgan fingerprint density at radius 1 is 1.06 bits per heavy atom. The van der Waals surface area contributed by atoms with Crippen molar-refractivity contribution in [2.75, 3.05) is 17.1 Å². The second-order valence-corrected chi connectivity index (χ2v) is 12.0. The number of hydrogen-bond donors (Lipinski definition) is 1. The van der Waals surface area contributed by atoms with Gasteiger partial charge in [0, 0.05) is 12.1 Å². The van der Waals surface area contributed by atoms with Crippen molar-refractivity contribution in [3.8, 4) is 0 Å². The molecule has 0 aliphatic heterocycles. The molecule has 1 N–H and O–H groups in total. The van der Waals surface area contributed by atoms with Gasteiger partial charge in [-0.15, -0.1) is 0 Å². The van der Waals surface area contributed by atoms with E-state index in [1.54, 1.807) is 13.0 Å². The normalized spacial score (nSPS) is 12.7. The fourth-order valence-electron chi connectivity index (χ4n) is 3.23. The number of benzene rings is 2. The van der Waals surface area contributed by atoms with Crippen molar-refractivity contribution in [1.82, 2.24) is 10.2 Å². The first-order chi connectivity index (χ1) is 15.6. The summed E-state index contributed by atoms with van der Waals surface area (Å²) >= 11 is 12.3. The zero-order valence-electron chi connectivity index (χ0n) is 20.2. The minimum atomic E-state index is -3.90. The van der Waals surface area contributed by atoms with E-state index in [0.717, 1.165) is 21.7 Å². The van der Waals surface area contributed by atoms with Gasteiger partial charge in [0.2, 0.25) is 21.8 Å². The molecule has 1 unspecified atom stereocenters. The molecule has 0 saturated carbocycles. The number of aryl methyl sites for hydroxylation is 1. The molecule has 10 heteroatoms. The van der Waals surface area contributed by atoms with Gasteiger partial charge in [-0.2, -0.15) is 0 Å². The van der Waals surface area contributed by atoms with Crippen LogP contribution < -0.4 is 9.62 Å². The number of amides is 2. The van der Waals surface area contributed by atoms with Crippen LogP contribution in [-0.2, 0) is 26.2 Å². The Morgan fingerprint density at radius 3 is 2.18 bits per heavy atom. The molecule has 0 aliphatic carbocycles. The van der Waals surface area contributed by atoms with Gasteiger partial charge in [-0.25, -0.2) is 8.42 Å². The molecule has 0 heterocycles. The number of sulfonamides is 1. The standard InChI is InChI=1S/C24H31Cl2N3O4S/c1-16-10-12-18(13-11-16)14-28(17(2)23(31)27-24(3,4)5)21(30)15-29(34(6,32)33)20-9-7-8-19(25)22(20)26/h7-13,17H,14-15H2,1-6H3,(H,27,31). The third kappa shape index (κ3) is 7.61. The molecule has 2 aromatic rings. The number of nitrogens with one attached hydrogen (secondary N) is 1. The lowest BCUT2D eigenvalue weighted by molar-refractivity contribution is -0.140. The van der Waals surface area contributed by atoms with Gasteiger partial charge in [0.05, 0.1) is 22.0 Å². The van der Waals surface area contributed by atoms with Crippen LogP contribution in [0.15, 0.2) is 42.5 Å². The third-order valence-corrected chi connectivity index (χ3v) is 6.95. The van der Waals surface area contributed by atoms with Crippen molar-refractivity contribution < 1.29 is 18.0 Å². The first kappa shape index (κ1) is 28.0. The highest BCUT2D eigenvalue weighted by molar-refractivity contribution is 7.92. The number of nitrogens with zero attached hydrogens (tertiary/aromatic N) is 2. The molecule has 0 spiro atoms. The molecule has 7 nitrogen and oxygen atoms in total. The molecule has 1 atom stereocenters. The van der Waals surface area contributed by atoms with E-state index in [9.17, 15) is 18.0 Å². The first-order valence-electron chi connectivity index (χ1n) is 10.7. The highest BCUT2D eigenvalue weighted by Gasteiger charge is 2.32. The van der Waals surface area contributed by atoms with Crippen LogP contribution >= 0.6 is 23.2 Å². The Hall–Kier alpha value is -2.29. The molecular weight excluding hydrogens is 497 g/mol. The van der Waals surface area contributed by atoms with Crippen molar-refractivity contribution in [3.63, 3.8) is 0 Å². The molecule has 0 radical (unpaired) electrons. The maximum atomic E-state index is 13.5. The lowest BCUT2D eigenvalue weighted by Gasteiger charge is -2.33. The predicted octanol–water partition coefficient (Wildman–Crippen LogP) is 4.40. The molecule has 0 aliphatic rings. The Labute approximate surface area is 212 Å². The molecule has 2 aromatic carbocycles. The van der Waals surface area contributed by atoms with Crippen molar-refractivity contribution in [2.24, 2.45) is 0 Å². The van der Waals surface area contributed by atoms with Crippen LogP contribution in [0, 0.1) is 6.92 Å². The molecule has 34 heavy (non-hydrogen) atoms. The molecule has 0 fully saturated rings. The van der Waals surface area contributed by atoms with Gasteiger partial charge in [-0.3, -0.25) is 13.9 Å². The topological polar surface area (TPSA) is 86.8 Å². The smallest absolute Gasteiger partial charge is 0.244 e. The van der Waals surface area contributed by atoms with Crippen molar-refractivity contribution >= 4 is 50.7 Å². The summed E-state index contributed by atoms with van der Waals surface area (Å²) in [6.45, 7) is 8.68. The van der Waals surface area contributed by atoms with E-state index in [-0.39, 0.29) is 28.2 Å². The fraction of sp³-hybridized carbons (Fsp3) is 0.417. The molecule has 0 saturated heterocycles. The second kappa shape index (κ2) is 11.0. The van der Waals surface area contributed by atoms with E-state index in [4.69, 9.17) is 23.2 Å². The van der Waals surface area contributed by atoms with Gasteiger partial charge in [0.15, 0.2) is 0 Å². The van der Waals surface area contributed by atoms with Crippen molar-refractivity contribution in [3.05, 3.63) is 63.6 Å². The Balaban J connectivity index is 2.44. The quantitative estimate of drug-likeness (QED) is 0.551. The van der Waals surface area contributed by atoms with E-state index < -0.39 is 34.1 Å². The number of carbonyl (C=O) groups excluding carboxylic acids is 2. The summed E-state index contributed by atoms with van der Waals surface area (Å²) < 4.78 is 26.1. The van der Waals surface area contributed by atoms with Crippen LogP contribution in [0.3, 0.4) is 0 Å². The number of halogens is 2. The van der Waals surface area contributed by atoms with Crippen LogP contribution in [0.4, 0.5) is 5.69 Å². The molecule has 2 amide bonds. The summed E-state index contributed by atoms with van der Waals surface area (Å²) in [5, 5.41) is 3.06. The number of rotatable bonds is 8. The molecule has 0 aromatic heterocycles. The monoisotopic (exact) mass is 527 g/mol. The first-order valence-corrected chi connectivity index (χ1v) is 13.3. The molecule has 2 rings (SSSR count). The fourth-order valence-corrected chi connectivity index (χ4v) is 4.53. The highest BCUT2D eigenvalue weighted by atomic mass is 35.5. The van der Waals surface area contributed by atoms with E-state index in [1.807, 2.05) is 52.0 Å². The number of hydrogen-bond acceptors (Lipinski definition) is 4. The number of carbonyl (C=O) groups is 2. The minimum absolute atomic E-state index is 0.0194. The summed E-state index contributed by atoms with van der Waals surface area (Å²) in [5.74, 6) is -0.904.